The van der Waals surface area contributed by atoms with E-state index in [1.807, 2.05) is 6.92 Å². The third-order valence-corrected chi connectivity index (χ3v) is 3.48. The second-order valence-electron chi connectivity index (χ2n) is 4.78. The van der Waals surface area contributed by atoms with Crippen molar-refractivity contribution in [1.29, 1.82) is 0 Å². The minimum absolute atomic E-state index is 0.189. The molecule has 19 heavy (non-hydrogen) atoms. The Hall–Kier alpha value is -1.29. The molecule has 1 aliphatic carbocycles. The summed E-state index contributed by atoms with van der Waals surface area (Å²) in [5.74, 6) is -3.62. The van der Waals surface area contributed by atoms with Gasteiger partial charge in [-0.2, -0.15) is 0 Å². The highest BCUT2D eigenvalue weighted by Gasteiger charge is 2.23. The largest absolute Gasteiger partial charge is 0.307 e. The Bertz CT molecular complexity index is 483. The van der Waals surface area contributed by atoms with Crippen molar-refractivity contribution in [3.8, 4) is 0 Å². The van der Waals surface area contributed by atoms with Gasteiger partial charge in [-0.1, -0.05) is 24.6 Å². The van der Waals surface area contributed by atoms with Crippen molar-refractivity contribution >= 4 is 0 Å². The van der Waals surface area contributed by atoms with E-state index in [-0.39, 0.29) is 11.6 Å². The molecular formula is C15H18F3N. The maximum Gasteiger partial charge on any atom is 0.194 e. The number of halogens is 3. The van der Waals surface area contributed by atoms with Crippen molar-refractivity contribution in [2.75, 3.05) is 6.54 Å². The highest BCUT2D eigenvalue weighted by molar-refractivity contribution is 5.31. The van der Waals surface area contributed by atoms with Gasteiger partial charge >= 0.3 is 0 Å². The molecule has 1 N–H and O–H groups in total. The van der Waals surface area contributed by atoms with E-state index >= 15 is 0 Å². The molecule has 0 spiro atoms. The van der Waals surface area contributed by atoms with Crippen LogP contribution in [0.15, 0.2) is 23.8 Å². The first kappa shape index (κ1) is 14.1. The second kappa shape index (κ2) is 6.24. The van der Waals surface area contributed by atoms with Crippen LogP contribution >= 0.6 is 0 Å². The first-order valence-corrected chi connectivity index (χ1v) is 6.70. The first-order chi connectivity index (χ1) is 9.15. The lowest BCUT2D eigenvalue weighted by Gasteiger charge is -2.25. The Balaban J connectivity index is 2.39. The van der Waals surface area contributed by atoms with Gasteiger partial charge in [0.2, 0.25) is 0 Å². The molecule has 1 aliphatic rings. The number of nitrogens with one attached hydrogen (secondary N) is 1. The highest BCUT2D eigenvalue weighted by atomic mass is 19.2. The van der Waals surface area contributed by atoms with Crippen molar-refractivity contribution < 1.29 is 13.2 Å². The summed E-state index contributed by atoms with van der Waals surface area (Å²) in [6, 6.07) is 1.96. The van der Waals surface area contributed by atoms with Crippen molar-refractivity contribution in [2.24, 2.45) is 0 Å². The molecule has 1 atom stereocenters. The van der Waals surface area contributed by atoms with Gasteiger partial charge in [-0.15, -0.1) is 0 Å². The van der Waals surface area contributed by atoms with Crippen molar-refractivity contribution in [3.05, 3.63) is 46.8 Å². The maximum atomic E-state index is 13.9. The molecule has 0 aromatic heterocycles. The van der Waals surface area contributed by atoms with Crippen molar-refractivity contribution in [2.45, 2.75) is 38.6 Å². The quantitative estimate of drug-likeness (QED) is 0.636. The van der Waals surface area contributed by atoms with Gasteiger partial charge in [0.25, 0.3) is 0 Å². The lowest BCUT2D eigenvalue weighted by Crippen LogP contribution is -2.25. The number of hydrogen-bond acceptors (Lipinski definition) is 1. The molecule has 0 fully saturated rings. The van der Waals surface area contributed by atoms with E-state index in [1.54, 1.807) is 0 Å². The number of allylic oxidation sites excluding steroid dienone is 1. The number of hydrogen-bond donors (Lipinski definition) is 1. The maximum absolute atomic E-state index is 13.9. The van der Waals surface area contributed by atoms with E-state index in [1.165, 1.54) is 6.07 Å². The predicted molar refractivity (Wildman–Crippen MR) is 69.3 cm³/mol. The Labute approximate surface area is 111 Å². The summed E-state index contributed by atoms with van der Waals surface area (Å²) in [5.41, 5.74) is 1.26. The lowest BCUT2D eigenvalue weighted by molar-refractivity contribution is 0.430. The molecule has 1 unspecified atom stereocenters. The average Bonchev–Trinajstić information content (AvgIpc) is 2.44. The molecule has 0 radical (unpaired) electrons. The molecule has 0 saturated carbocycles. The molecule has 0 heterocycles. The highest BCUT2D eigenvalue weighted by Crippen LogP contribution is 2.32. The van der Waals surface area contributed by atoms with Crippen LogP contribution < -0.4 is 5.32 Å². The third kappa shape index (κ3) is 3.00. The Morgan fingerprint density at radius 2 is 1.95 bits per heavy atom. The standard InChI is InChI=1S/C15H18F3N/c1-2-19-15(10-6-4-3-5-7-10)11-8-9-12(16)14(18)13(11)17/h6,8-9,15,19H,2-5,7H2,1H3. The minimum atomic E-state index is -1.39. The molecule has 0 saturated heterocycles. The molecule has 1 nitrogen and oxygen atoms in total. The van der Waals surface area contributed by atoms with Gasteiger partial charge in [-0.25, -0.2) is 13.2 Å². The average molecular weight is 269 g/mol. The number of benzene rings is 1. The van der Waals surface area contributed by atoms with Crippen LogP contribution in [0.25, 0.3) is 0 Å². The Morgan fingerprint density at radius 3 is 2.58 bits per heavy atom. The van der Waals surface area contributed by atoms with Gasteiger partial charge in [-0.3, -0.25) is 0 Å². The van der Waals surface area contributed by atoms with Crippen LogP contribution in [0.4, 0.5) is 13.2 Å². The van der Waals surface area contributed by atoms with Gasteiger partial charge in [0.1, 0.15) is 0 Å². The molecule has 0 amide bonds. The lowest BCUT2D eigenvalue weighted by atomic mass is 9.89. The Morgan fingerprint density at radius 1 is 1.16 bits per heavy atom. The molecule has 104 valence electrons. The summed E-state index contributed by atoms with van der Waals surface area (Å²) in [6.45, 7) is 2.55. The first-order valence-electron chi connectivity index (χ1n) is 6.70. The van der Waals surface area contributed by atoms with Crippen LogP contribution in [0.3, 0.4) is 0 Å². The summed E-state index contributed by atoms with van der Waals surface area (Å²) in [4.78, 5) is 0. The fourth-order valence-electron chi connectivity index (χ4n) is 2.53. The Kier molecular flexibility index (Phi) is 4.64. The molecule has 1 aromatic carbocycles. The smallest absolute Gasteiger partial charge is 0.194 e. The van der Waals surface area contributed by atoms with Gasteiger partial charge in [-0.05, 0) is 38.3 Å². The predicted octanol–water partition coefficient (Wildman–Crippen LogP) is 4.25. The fourth-order valence-corrected chi connectivity index (χ4v) is 2.53. The van der Waals surface area contributed by atoms with E-state index in [0.29, 0.717) is 6.54 Å². The van der Waals surface area contributed by atoms with Crippen LogP contribution in [0.2, 0.25) is 0 Å². The molecular weight excluding hydrogens is 251 g/mol. The zero-order chi connectivity index (χ0) is 13.8. The summed E-state index contributed by atoms with van der Waals surface area (Å²) in [6.07, 6.45) is 6.10. The van der Waals surface area contributed by atoms with E-state index < -0.39 is 17.5 Å². The molecule has 4 heteroatoms. The van der Waals surface area contributed by atoms with Crippen LogP contribution in [-0.4, -0.2) is 6.54 Å². The monoisotopic (exact) mass is 269 g/mol. The zero-order valence-corrected chi connectivity index (χ0v) is 11.0. The van der Waals surface area contributed by atoms with E-state index in [4.69, 9.17) is 0 Å². The van der Waals surface area contributed by atoms with Crippen LogP contribution in [0.5, 0.6) is 0 Å². The molecule has 2 rings (SSSR count). The second-order valence-corrected chi connectivity index (χ2v) is 4.78. The van der Waals surface area contributed by atoms with Crippen LogP contribution in [-0.2, 0) is 0 Å². The van der Waals surface area contributed by atoms with Gasteiger partial charge in [0, 0.05) is 5.56 Å². The normalized spacial score (nSPS) is 17.2. The third-order valence-electron chi connectivity index (χ3n) is 3.48. The molecule has 0 aliphatic heterocycles. The van der Waals surface area contributed by atoms with Gasteiger partial charge in [0.05, 0.1) is 6.04 Å². The van der Waals surface area contributed by atoms with Gasteiger partial charge in [0.15, 0.2) is 17.5 Å². The van der Waals surface area contributed by atoms with Crippen LogP contribution in [0.1, 0.15) is 44.2 Å². The van der Waals surface area contributed by atoms with Crippen molar-refractivity contribution in [3.63, 3.8) is 0 Å². The minimum Gasteiger partial charge on any atom is -0.307 e. The molecule has 1 aromatic rings. The van der Waals surface area contributed by atoms with E-state index in [0.717, 1.165) is 37.3 Å². The van der Waals surface area contributed by atoms with Crippen LogP contribution in [0, 0.1) is 17.5 Å². The molecule has 0 bridgehead atoms. The van der Waals surface area contributed by atoms with Crippen molar-refractivity contribution in [1.82, 2.24) is 5.32 Å². The van der Waals surface area contributed by atoms with E-state index in [2.05, 4.69) is 11.4 Å². The zero-order valence-electron chi connectivity index (χ0n) is 11.0. The number of likely N-dealkylation sites (N-methyl/N-ethyl adjacent to an activating group) is 1. The topological polar surface area (TPSA) is 12.0 Å². The summed E-state index contributed by atoms with van der Waals surface area (Å²) in [5, 5.41) is 3.16. The van der Waals surface area contributed by atoms with Gasteiger partial charge < -0.3 is 5.32 Å². The summed E-state index contributed by atoms with van der Waals surface area (Å²) in [7, 11) is 0. The summed E-state index contributed by atoms with van der Waals surface area (Å²) < 4.78 is 40.3. The number of rotatable bonds is 4. The SMILES string of the molecule is CCNC(C1=CCCCC1)c1ccc(F)c(F)c1F. The summed E-state index contributed by atoms with van der Waals surface area (Å²) >= 11 is 0. The van der Waals surface area contributed by atoms with E-state index in [9.17, 15) is 13.2 Å². The fraction of sp³-hybridized carbons (Fsp3) is 0.467.